The Balaban J connectivity index is 2.14. The highest BCUT2D eigenvalue weighted by atomic mass is 32.2. The van der Waals surface area contributed by atoms with E-state index in [0.29, 0.717) is 34.3 Å². The van der Waals surface area contributed by atoms with Gasteiger partial charge in [-0.1, -0.05) is 24.3 Å². The molecule has 1 unspecified atom stereocenters. The summed E-state index contributed by atoms with van der Waals surface area (Å²) in [5.41, 5.74) is 7.04. The van der Waals surface area contributed by atoms with Crippen LogP contribution in [-0.4, -0.2) is 44.8 Å². The monoisotopic (exact) mass is 385 g/mol. The molecule has 0 aliphatic heterocycles. The zero-order valence-corrected chi connectivity index (χ0v) is 15.5. The lowest BCUT2D eigenvalue weighted by Crippen LogP contribution is -2.38. The Morgan fingerprint density at radius 2 is 2.00 bits per heavy atom. The van der Waals surface area contributed by atoms with E-state index < -0.39 is 18.0 Å². The number of rotatable bonds is 7. The molecule has 27 heavy (non-hydrogen) atoms. The fraction of sp³-hybridized carbons (Fsp3) is 0.211. The van der Waals surface area contributed by atoms with E-state index >= 15 is 0 Å². The summed E-state index contributed by atoms with van der Waals surface area (Å²) in [6.07, 6.45) is 3.94. The minimum atomic E-state index is -1.22. The zero-order valence-electron chi connectivity index (χ0n) is 14.7. The number of aromatic nitrogens is 2. The van der Waals surface area contributed by atoms with Gasteiger partial charge in [-0.2, -0.15) is 16.5 Å². The molecule has 3 aromatic rings. The highest BCUT2D eigenvalue weighted by Gasteiger charge is 2.27. The van der Waals surface area contributed by atoms with E-state index in [4.69, 9.17) is 10.6 Å². The van der Waals surface area contributed by atoms with E-state index in [2.05, 4.69) is 4.98 Å². The number of carbonyl (C=O) groups excluding carboxylic acids is 1. The van der Waals surface area contributed by atoms with Gasteiger partial charge in [0.2, 0.25) is 0 Å². The average molecular weight is 385 g/mol. The maximum absolute atomic E-state index is 12.4. The number of hydrogen-bond donors (Lipinski definition) is 2. The van der Waals surface area contributed by atoms with Gasteiger partial charge in [-0.05, 0) is 36.6 Å². The molecule has 0 saturated heterocycles. The largest absolute Gasteiger partial charge is 0.476 e. The van der Waals surface area contributed by atoms with Gasteiger partial charge in [-0.25, -0.2) is 9.59 Å². The smallest absolute Gasteiger partial charge is 0.356 e. The fourth-order valence-corrected chi connectivity index (χ4v) is 3.28. The van der Waals surface area contributed by atoms with E-state index in [1.54, 1.807) is 60.4 Å². The lowest BCUT2D eigenvalue weighted by molar-refractivity contribution is -0.145. The summed E-state index contributed by atoms with van der Waals surface area (Å²) in [7, 11) is 0. The summed E-state index contributed by atoms with van der Waals surface area (Å²) in [5, 5.41) is 10.5. The number of hydrogen-bond acceptors (Lipinski definition) is 6. The van der Waals surface area contributed by atoms with Gasteiger partial charge in [0.05, 0.1) is 11.2 Å². The Morgan fingerprint density at radius 1 is 1.26 bits per heavy atom. The van der Waals surface area contributed by atoms with Crippen molar-refractivity contribution in [1.29, 1.82) is 0 Å². The van der Waals surface area contributed by atoms with Gasteiger partial charge in [0.25, 0.3) is 0 Å². The summed E-state index contributed by atoms with van der Waals surface area (Å²) in [4.78, 5) is 34.1. The summed E-state index contributed by atoms with van der Waals surface area (Å²) in [5.74, 6) is -1.20. The van der Waals surface area contributed by atoms with E-state index in [-0.39, 0.29) is 5.69 Å². The maximum atomic E-state index is 12.4. The molecule has 2 heterocycles. The minimum absolute atomic E-state index is 0.166. The SMILES string of the molecule is CSCCC(N)C(=O)On1c(C(=O)O)c(-c2ccccn2)c2ccccc21. The molecule has 0 saturated carbocycles. The third-order valence-corrected chi connectivity index (χ3v) is 4.72. The first kappa shape index (κ1) is 18.9. The lowest BCUT2D eigenvalue weighted by atomic mass is 10.1. The van der Waals surface area contributed by atoms with Gasteiger partial charge in [0.15, 0.2) is 5.69 Å². The molecule has 7 nitrogen and oxygen atoms in total. The molecule has 2 aromatic heterocycles. The van der Waals surface area contributed by atoms with Gasteiger partial charge in [-0.3, -0.25) is 4.98 Å². The molecule has 0 spiro atoms. The number of aromatic carboxylic acids is 1. The van der Waals surface area contributed by atoms with Gasteiger partial charge >= 0.3 is 11.9 Å². The Kier molecular flexibility index (Phi) is 5.78. The number of pyridine rings is 1. The molecule has 0 aliphatic carbocycles. The molecule has 1 atom stereocenters. The Labute approximate surface area is 160 Å². The predicted octanol–water partition coefficient (Wildman–Crippen LogP) is 2.44. The molecular weight excluding hydrogens is 366 g/mol. The molecule has 1 aromatic carbocycles. The lowest BCUT2D eigenvalue weighted by Gasteiger charge is -2.13. The van der Waals surface area contributed by atoms with Crippen LogP contribution < -0.4 is 10.6 Å². The van der Waals surface area contributed by atoms with Crippen LogP contribution in [0.2, 0.25) is 0 Å². The zero-order chi connectivity index (χ0) is 19.4. The van der Waals surface area contributed by atoms with E-state index in [1.165, 1.54) is 0 Å². The standard InChI is InChI=1S/C19H19N3O4S/c1-27-11-9-13(20)19(25)26-22-15-8-3-2-6-12(15)16(17(22)18(23)24)14-7-4-5-10-21-14/h2-8,10,13H,9,11,20H2,1H3,(H,23,24). The molecular formula is C19H19N3O4S. The Bertz CT molecular complexity index is 972. The summed E-state index contributed by atoms with van der Waals surface area (Å²) >= 11 is 1.57. The van der Waals surface area contributed by atoms with E-state index in [9.17, 15) is 14.7 Å². The number of carboxylic acid groups (broad SMARTS) is 1. The van der Waals surface area contributed by atoms with Crippen LogP contribution in [0.4, 0.5) is 0 Å². The first-order valence-electron chi connectivity index (χ1n) is 8.29. The number of benzene rings is 1. The van der Waals surface area contributed by atoms with E-state index in [0.717, 1.165) is 4.73 Å². The first-order chi connectivity index (χ1) is 13.0. The molecule has 0 radical (unpaired) electrons. The molecule has 3 N–H and O–H groups in total. The van der Waals surface area contributed by atoms with Gasteiger partial charge in [0.1, 0.15) is 6.04 Å². The van der Waals surface area contributed by atoms with Crippen LogP contribution >= 0.6 is 11.8 Å². The fourth-order valence-electron chi connectivity index (χ4n) is 2.79. The van der Waals surface area contributed by atoms with Crippen LogP contribution in [0.1, 0.15) is 16.9 Å². The van der Waals surface area contributed by atoms with Crippen LogP contribution in [0.25, 0.3) is 22.2 Å². The van der Waals surface area contributed by atoms with E-state index in [1.807, 2.05) is 6.26 Å². The average Bonchev–Trinajstić information content (AvgIpc) is 3.01. The van der Waals surface area contributed by atoms with Crippen LogP contribution in [-0.2, 0) is 4.79 Å². The van der Waals surface area contributed by atoms with Gasteiger partial charge < -0.3 is 15.7 Å². The molecule has 0 aliphatic rings. The topological polar surface area (TPSA) is 107 Å². The van der Waals surface area contributed by atoms with Gasteiger partial charge in [-0.15, -0.1) is 0 Å². The first-order valence-corrected chi connectivity index (χ1v) is 9.68. The summed E-state index contributed by atoms with van der Waals surface area (Å²) in [6.45, 7) is 0. The molecule has 8 heteroatoms. The molecule has 0 bridgehead atoms. The molecule has 0 fully saturated rings. The number of carbonyl (C=O) groups is 2. The second-order valence-corrected chi connectivity index (χ2v) is 6.84. The van der Waals surface area contributed by atoms with Crippen LogP contribution in [0.5, 0.6) is 0 Å². The van der Waals surface area contributed by atoms with Crippen molar-refractivity contribution < 1.29 is 19.5 Å². The van der Waals surface area contributed by atoms with Crippen molar-refractivity contribution in [2.45, 2.75) is 12.5 Å². The van der Waals surface area contributed by atoms with Crippen molar-refractivity contribution in [2.75, 3.05) is 12.0 Å². The summed E-state index contributed by atoms with van der Waals surface area (Å²) in [6, 6.07) is 11.4. The number of nitrogens with two attached hydrogens (primary N) is 1. The van der Waals surface area contributed by atoms with Crippen molar-refractivity contribution in [1.82, 2.24) is 9.71 Å². The van der Waals surface area contributed by atoms with Crippen LogP contribution in [0, 0.1) is 0 Å². The van der Waals surface area contributed by atoms with Crippen molar-refractivity contribution >= 4 is 34.6 Å². The van der Waals surface area contributed by atoms with Gasteiger partial charge in [0, 0.05) is 17.1 Å². The summed E-state index contributed by atoms with van der Waals surface area (Å²) < 4.78 is 1.04. The predicted molar refractivity (Wildman–Crippen MR) is 105 cm³/mol. The number of carboxylic acids is 1. The van der Waals surface area contributed by atoms with Crippen molar-refractivity contribution in [3.05, 3.63) is 54.4 Å². The Hall–Kier alpha value is -2.84. The van der Waals surface area contributed by atoms with Crippen LogP contribution in [0.3, 0.4) is 0 Å². The third kappa shape index (κ3) is 3.81. The number of nitrogens with zero attached hydrogens (tertiary/aromatic N) is 2. The van der Waals surface area contributed by atoms with Crippen molar-refractivity contribution in [2.24, 2.45) is 5.73 Å². The molecule has 0 amide bonds. The van der Waals surface area contributed by atoms with Crippen molar-refractivity contribution in [3.8, 4) is 11.3 Å². The molecule has 3 rings (SSSR count). The molecule has 140 valence electrons. The third-order valence-electron chi connectivity index (χ3n) is 4.07. The Morgan fingerprint density at radius 3 is 2.67 bits per heavy atom. The normalized spacial score (nSPS) is 12.1. The quantitative estimate of drug-likeness (QED) is 0.643. The highest BCUT2D eigenvalue weighted by molar-refractivity contribution is 7.98. The number of fused-ring (bicyclic) bond motifs is 1. The highest BCUT2D eigenvalue weighted by Crippen LogP contribution is 2.33. The second-order valence-electron chi connectivity index (χ2n) is 5.85. The minimum Gasteiger partial charge on any atom is -0.476 e. The number of thioether (sulfide) groups is 1. The second kappa shape index (κ2) is 8.24. The maximum Gasteiger partial charge on any atom is 0.356 e. The van der Waals surface area contributed by atoms with Crippen LogP contribution in [0.15, 0.2) is 48.7 Å². The number of para-hydroxylation sites is 1. The van der Waals surface area contributed by atoms with Crippen molar-refractivity contribution in [3.63, 3.8) is 0 Å².